The zero-order valence-corrected chi connectivity index (χ0v) is 12.3. The van der Waals surface area contributed by atoms with E-state index in [1.165, 1.54) is 0 Å². The molecule has 0 aliphatic carbocycles. The zero-order chi connectivity index (χ0) is 14.4. The molecule has 20 heavy (non-hydrogen) atoms. The summed E-state index contributed by atoms with van der Waals surface area (Å²) in [5.74, 6) is 0.968. The Morgan fingerprint density at radius 3 is 2.75 bits per heavy atom. The van der Waals surface area contributed by atoms with Crippen LogP contribution in [0.1, 0.15) is 30.6 Å². The fourth-order valence-corrected chi connectivity index (χ4v) is 2.45. The van der Waals surface area contributed by atoms with Crippen molar-refractivity contribution in [3.05, 3.63) is 29.8 Å². The molecule has 1 aromatic rings. The monoisotopic (exact) mass is 277 g/mol. The Bertz CT molecular complexity index is 430. The van der Waals surface area contributed by atoms with Gasteiger partial charge in [0.25, 0.3) is 0 Å². The molecule has 0 spiro atoms. The molecule has 1 saturated heterocycles. The average Bonchev–Trinajstić information content (AvgIpc) is 2.49. The number of ketones is 1. The molecule has 110 valence electrons. The smallest absolute Gasteiger partial charge is 0.176 e. The Labute approximate surface area is 120 Å². The summed E-state index contributed by atoms with van der Waals surface area (Å²) in [5.41, 5.74) is 0.745. The maximum absolute atomic E-state index is 12.3. The number of carbonyl (C=O) groups is 1. The predicted molar refractivity (Wildman–Crippen MR) is 78.4 cm³/mol. The lowest BCUT2D eigenvalue weighted by atomic mass is 10.1. The number of nitrogens with zero attached hydrogens (tertiary/aromatic N) is 1. The lowest BCUT2D eigenvalue weighted by Gasteiger charge is -2.34. The Balaban J connectivity index is 1.96. The van der Waals surface area contributed by atoms with E-state index >= 15 is 0 Å². The van der Waals surface area contributed by atoms with Gasteiger partial charge < -0.3 is 9.47 Å². The van der Waals surface area contributed by atoms with Crippen molar-refractivity contribution in [3.8, 4) is 5.75 Å². The number of morpholine rings is 1. The highest BCUT2D eigenvalue weighted by atomic mass is 16.5. The number of hydrogen-bond donors (Lipinski definition) is 0. The van der Waals surface area contributed by atoms with Crippen LogP contribution in [0.3, 0.4) is 0 Å². The first kappa shape index (κ1) is 15.0. The summed E-state index contributed by atoms with van der Waals surface area (Å²) >= 11 is 0. The van der Waals surface area contributed by atoms with Crippen molar-refractivity contribution in [2.75, 3.05) is 32.9 Å². The first-order valence-electron chi connectivity index (χ1n) is 7.32. The van der Waals surface area contributed by atoms with Gasteiger partial charge in [-0.3, -0.25) is 9.69 Å². The second kappa shape index (κ2) is 7.41. The second-order valence-corrected chi connectivity index (χ2v) is 4.99. The van der Waals surface area contributed by atoms with E-state index in [9.17, 15) is 4.79 Å². The van der Waals surface area contributed by atoms with Crippen molar-refractivity contribution < 1.29 is 14.3 Å². The van der Waals surface area contributed by atoms with Gasteiger partial charge in [-0.05, 0) is 37.6 Å². The van der Waals surface area contributed by atoms with Gasteiger partial charge in [0, 0.05) is 18.2 Å². The van der Waals surface area contributed by atoms with Crippen molar-refractivity contribution in [1.29, 1.82) is 0 Å². The van der Waals surface area contributed by atoms with Crippen LogP contribution in [0.25, 0.3) is 0 Å². The highest BCUT2D eigenvalue weighted by Crippen LogP contribution is 2.15. The normalized spacial score (nSPS) is 19.8. The molecule has 4 heteroatoms. The topological polar surface area (TPSA) is 38.8 Å². The summed E-state index contributed by atoms with van der Waals surface area (Å²) < 4.78 is 10.9. The number of hydrogen-bond acceptors (Lipinski definition) is 4. The van der Waals surface area contributed by atoms with Crippen LogP contribution in [-0.2, 0) is 4.74 Å². The summed E-state index contributed by atoms with van der Waals surface area (Å²) in [7, 11) is 0. The van der Waals surface area contributed by atoms with Gasteiger partial charge in [0.1, 0.15) is 5.75 Å². The lowest BCUT2D eigenvalue weighted by Crippen LogP contribution is -2.47. The molecule has 0 saturated carbocycles. The highest BCUT2D eigenvalue weighted by molar-refractivity contribution is 5.97. The summed E-state index contributed by atoms with van der Waals surface area (Å²) in [6.45, 7) is 7.46. The van der Waals surface area contributed by atoms with Crippen LogP contribution < -0.4 is 4.74 Å². The van der Waals surface area contributed by atoms with Crippen LogP contribution in [0.5, 0.6) is 5.75 Å². The van der Waals surface area contributed by atoms with Crippen LogP contribution in [0.15, 0.2) is 24.3 Å². The van der Waals surface area contributed by atoms with Crippen LogP contribution in [0.2, 0.25) is 0 Å². The zero-order valence-electron chi connectivity index (χ0n) is 12.3. The summed E-state index contributed by atoms with van der Waals surface area (Å²) in [6, 6.07) is 7.75. The third-order valence-electron chi connectivity index (χ3n) is 3.65. The number of benzene rings is 1. The van der Waals surface area contributed by atoms with Crippen molar-refractivity contribution >= 4 is 5.78 Å². The standard InChI is InChI=1S/C16H23NO3/c1-3-14-12-19-10-9-17(14)11-16(18)13-5-7-15(8-6-13)20-4-2/h5-8,14H,3-4,9-12H2,1-2H3. The Kier molecular flexibility index (Phi) is 5.56. The van der Waals surface area contributed by atoms with Gasteiger partial charge >= 0.3 is 0 Å². The van der Waals surface area contributed by atoms with E-state index in [-0.39, 0.29) is 5.78 Å². The molecule has 1 heterocycles. The molecule has 1 aromatic carbocycles. The molecule has 0 N–H and O–H groups in total. The maximum Gasteiger partial charge on any atom is 0.176 e. The minimum Gasteiger partial charge on any atom is -0.494 e. The van der Waals surface area contributed by atoms with Crippen molar-refractivity contribution in [2.24, 2.45) is 0 Å². The molecule has 1 aliphatic heterocycles. The summed E-state index contributed by atoms with van der Waals surface area (Å²) in [6.07, 6.45) is 1.01. The second-order valence-electron chi connectivity index (χ2n) is 4.99. The van der Waals surface area contributed by atoms with E-state index in [4.69, 9.17) is 9.47 Å². The molecule has 1 atom stereocenters. The molecular formula is C16H23NO3. The fraction of sp³-hybridized carbons (Fsp3) is 0.562. The molecule has 0 radical (unpaired) electrons. The van der Waals surface area contributed by atoms with Gasteiger partial charge in [-0.1, -0.05) is 6.92 Å². The van der Waals surface area contributed by atoms with Crippen LogP contribution >= 0.6 is 0 Å². The van der Waals surface area contributed by atoms with Gasteiger partial charge in [0.2, 0.25) is 0 Å². The van der Waals surface area contributed by atoms with Crippen molar-refractivity contribution in [2.45, 2.75) is 26.3 Å². The highest BCUT2D eigenvalue weighted by Gasteiger charge is 2.23. The maximum atomic E-state index is 12.3. The van der Waals surface area contributed by atoms with Gasteiger partial charge in [-0.25, -0.2) is 0 Å². The quantitative estimate of drug-likeness (QED) is 0.748. The SMILES string of the molecule is CCOc1ccc(C(=O)CN2CCOCC2CC)cc1. The third-order valence-corrected chi connectivity index (χ3v) is 3.65. The van der Waals surface area contributed by atoms with Crippen LogP contribution in [-0.4, -0.2) is 49.6 Å². The molecule has 1 fully saturated rings. The van der Waals surface area contributed by atoms with Gasteiger partial charge in [-0.15, -0.1) is 0 Å². The molecular weight excluding hydrogens is 254 g/mol. The Morgan fingerprint density at radius 2 is 2.10 bits per heavy atom. The van der Waals surface area contributed by atoms with Crippen LogP contribution in [0, 0.1) is 0 Å². The van der Waals surface area contributed by atoms with Gasteiger partial charge in [-0.2, -0.15) is 0 Å². The van der Waals surface area contributed by atoms with E-state index < -0.39 is 0 Å². The van der Waals surface area contributed by atoms with E-state index in [0.717, 1.165) is 30.9 Å². The van der Waals surface area contributed by atoms with Crippen LogP contribution in [0.4, 0.5) is 0 Å². The van der Waals surface area contributed by atoms with E-state index in [2.05, 4.69) is 11.8 Å². The lowest BCUT2D eigenvalue weighted by molar-refractivity contribution is -0.00585. The molecule has 2 rings (SSSR count). The summed E-state index contributed by atoms with van der Waals surface area (Å²) in [5, 5.41) is 0. The van der Waals surface area contributed by atoms with E-state index in [1.54, 1.807) is 0 Å². The molecule has 0 bridgehead atoms. The molecule has 1 unspecified atom stereocenters. The minimum atomic E-state index is 0.161. The minimum absolute atomic E-state index is 0.161. The fourth-order valence-electron chi connectivity index (χ4n) is 2.45. The number of rotatable bonds is 6. The largest absolute Gasteiger partial charge is 0.494 e. The first-order valence-corrected chi connectivity index (χ1v) is 7.32. The van der Waals surface area contributed by atoms with Crippen molar-refractivity contribution in [1.82, 2.24) is 4.90 Å². The third kappa shape index (κ3) is 3.81. The first-order chi connectivity index (χ1) is 9.74. The molecule has 4 nitrogen and oxygen atoms in total. The van der Waals surface area contributed by atoms with E-state index in [1.807, 2.05) is 31.2 Å². The Hall–Kier alpha value is -1.39. The van der Waals surface area contributed by atoms with Gasteiger partial charge in [0.15, 0.2) is 5.78 Å². The number of carbonyl (C=O) groups excluding carboxylic acids is 1. The molecule has 0 amide bonds. The molecule has 1 aliphatic rings. The van der Waals surface area contributed by atoms with Crippen molar-refractivity contribution in [3.63, 3.8) is 0 Å². The number of Topliss-reactive ketones (excluding diaryl/α,β-unsaturated/α-hetero) is 1. The van der Waals surface area contributed by atoms with Gasteiger partial charge in [0.05, 0.1) is 26.4 Å². The molecule has 0 aromatic heterocycles. The average molecular weight is 277 g/mol. The Morgan fingerprint density at radius 1 is 1.35 bits per heavy atom. The summed E-state index contributed by atoms with van der Waals surface area (Å²) in [4.78, 5) is 14.5. The van der Waals surface area contributed by atoms with E-state index in [0.29, 0.717) is 25.8 Å². The predicted octanol–water partition coefficient (Wildman–Crippen LogP) is 2.38. The number of ether oxygens (including phenoxy) is 2.